The van der Waals surface area contributed by atoms with Gasteiger partial charge in [0.25, 0.3) is 5.56 Å². The van der Waals surface area contributed by atoms with E-state index in [-0.39, 0.29) is 39.1 Å². The molecule has 1 aliphatic carbocycles. The predicted octanol–water partition coefficient (Wildman–Crippen LogP) is 3.57. The second kappa shape index (κ2) is 8.45. The summed E-state index contributed by atoms with van der Waals surface area (Å²) in [5.74, 6) is 0.546. The fourth-order valence-corrected chi connectivity index (χ4v) is 5.46. The minimum absolute atomic E-state index is 0.0220. The lowest BCUT2D eigenvalue weighted by atomic mass is 9.65. The quantitative estimate of drug-likeness (QED) is 0.603. The molecule has 2 fully saturated rings. The SMILES string of the molecule is Cn1c(N2CCC3(CCCCC3N)CC2)nc(N)c(C(=N)c2cccc(Cl)c2Cl)c1=O. The van der Waals surface area contributed by atoms with E-state index in [0.29, 0.717) is 16.5 Å². The zero-order valence-corrected chi connectivity index (χ0v) is 19.1. The number of piperidine rings is 1. The van der Waals surface area contributed by atoms with Crippen molar-refractivity contribution in [3.05, 3.63) is 49.7 Å². The Hall–Kier alpha value is -2.09. The maximum Gasteiger partial charge on any atom is 0.266 e. The Labute approximate surface area is 191 Å². The number of hydrogen-bond acceptors (Lipinski definition) is 6. The molecule has 31 heavy (non-hydrogen) atoms. The van der Waals surface area contributed by atoms with Crippen LogP contribution in [0, 0.1) is 10.8 Å². The van der Waals surface area contributed by atoms with Gasteiger partial charge in [0.2, 0.25) is 5.95 Å². The Morgan fingerprint density at radius 1 is 1.23 bits per heavy atom. The van der Waals surface area contributed by atoms with Crippen LogP contribution in [0.3, 0.4) is 0 Å². The van der Waals surface area contributed by atoms with Crippen LogP contribution in [-0.2, 0) is 7.05 Å². The minimum Gasteiger partial charge on any atom is -0.383 e. The van der Waals surface area contributed by atoms with Crippen LogP contribution in [0.15, 0.2) is 23.0 Å². The Bertz CT molecular complexity index is 1070. The lowest BCUT2D eigenvalue weighted by molar-refractivity contribution is 0.113. The van der Waals surface area contributed by atoms with E-state index in [9.17, 15) is 4.79 Å². The number of halogens is 2. The van der Waals surface area contributed by atoms with Gasteiger partial charge in [-0.2, -0.15) is 4.98 Å². The van der Waals surface area contributed by atoms with Gasteiger partial charge in [-0.25, -0.2) is 0 Å². The van der Waals surface area contributed by atoms with Crippen molar-refractivity contribution in [1.29, 1.82) is 5.41 Å². The highest BCUT2D eigenvalue weighted by molar-refractivity contribution is 6.44. The topological polar surface area (TPSA) is 114 Å². The van der Waals surface area contributed by atoms with Gasteiger partial charge in [0.15, 0.2) is 0 Å². The maximum atomic E-state index is 13.2. The molecule has 2 heterocycles. The van der Waals surface area contributed by atoms with Gasteiger partial charge in [-0.3, -0.25) is 14.8 Å². The van der Waals surface area contributed by atoms with Crippen LogP contribution in [0.1, 0.15) is 49.7 Å². The molecule has 9 heteroatoms. The third-order valence-electron chi connectivity index (χ3n) is 7.03. The first kappa shape index (κ1) is 22.1. The minimum atomic E-state index is -0.377. The molecule has 1 spiro atoms. The number of anilines is 2. The highest BCUT2D eigenvalue weighted by Gasteiger charge is 2.41. The van der Waals surface area contributed by atoms with Gasteiger partial charge in [-0.05, 0) is 37.2 Å². The number of nitrogens with zero attached hydrogens (tertiary/aromatic N) is 3. The number of benzene rings is 1. The van der Waals surface area contributed by atoms with E-state index in [0.717, 1.165) is 32.4 Å². The first-order valence-corrected chi connectivity index (χ1v) is 11.4. The van der Waals surface area contributed by atoms with Gasteiger partial charge < -0.3 is 16.4 Å². The fraction of sp³-hybridized carbons (Fsp3) is 0.500. The number of hydrogen-bond donors (Lipinski definition) is 3. The van der Waals surface area contributed by atoms with Crippen LogP contribution in [0.4, 0.5) is 11.8 Å². The second-order valence-electron chi connectivity index (χ2n) is 8.71. The summed E-state index contributed by atoms with van der Waals surface area (Å²) >= 11 is 12.3. The van der Waals surface area contributed by atoms with Crippen LogP contribution in [0.5, 0.6) is 0 Å². The standard InChI is InChI=1S/C22H28Cl2N6O/c1-29-20(31)16(18(26)13-5-4-6-14(23)17(13)24)19(27)28-21(29)30-11-9-22(10-12-30)8-3-2-7-15(22)25/h4-6,15,26H,2-3,7-12,25,27H2,1H3. The zero-order valence-electron chi connectivity index (χ0n) is 17.6. The lowest BCUT2D eigenvalue weighted by Crippen LogP contribution is -2.52. The van der Waals surface area contributed by atoms with Gasteiger partial charge in [0, 0.05) is 31.7 Å². The summed E-state index contributed by atoms with van der Waals surface area (Å²) in [4.78, 5) is 19.8. The average Bonchev–Trinajstić information content (AvgIpc) is 2.75. The predicted molar refractivity (Wildman–Crippen MR) is 127 cm³/mol. The van der Waals surface area contributed by atoms with Crippen molar-refractivity contribution in [2.75, 3.05) is 23.7 Å². The van der Waals surface area contributed by atoms with Crippen molar-refractivity contribution in [3.63, 3.8) is 0 Å². The number of nitrogens with two attached hydrogens (primary N) is 2. The Morgan fingerprint density at radius 3 is 2.61 bits per heavy atom. The molecule has 5 N–H and O–H groups in total. The normalized spacial score (nSPS) is 20.8. The summed E-state index contributed by atoms with van der Waals surface area (Å²) in [6.07, 6.45) is 6.68. The Morgan fingerprint density at radius 2 is 1.94 bits per heavy atom. The van der Waals surface area contributed by atoms with Crippen LogP contribution in [0.2, 0.25) is 10.0 Å². The van der Waals surface area contributed by atoms with Gasteiger partial charge in [-0.15, -0.1) is 0 Å². The molecule has 2 aromatic rings. The molecular formula is C22H28Cl2N6O. The second-order valence-corrected chi connectivity index (χ2v) is 9.50. The van der Waals surface area contributed by atoms with Crippen molar-refractivity contribution in [1.82, 2.24) is 9.55 Å². The molecule has 0 bridgehead atoms. The first-order valence-electron chi connectivity index (χ1n) is 10.7. The monoisotopic (exact) mass is 462 g/mol. The van der Waals surface area contributed by atoms with E-state index >= 15 is 0 Å². The molecule has 0 amide bonds. The van der Waals surface area contributed by atoms with Gasteiger partial charge >= 0.3 is 0 Å². The third kappa shape index (κ3) is 3.83. The summed E-state index contributed by atoms with van der Waals surface area (Å²) in [5.41, 5.74) is 12.8. The van der Waals surface area contributed by atoms with Gasteiger partial charge in [0.1, 0.15) is 11.4 Å². The first-order chi connectivity index (χ1) is 14.7. The van der Waals surface area contributed by atoms with E-state index in [1.807, 2.05) is 0 Å². The lowest BCUT2D eigenvalue weighted by Gasteiger charge is -2.48. The molecule has 1 saturated heterocycles. The van der Waals surface area contributed by atoms with Crippen LogP contribution >= 0.6 is 23.2 Å². The molecule has 7 nitrogen and oxygen atoms in total. The number of rotatable bonds is 3. The largest absolute Gasteiger partial charge is 0.383 e. The maximum absolute atomic E-state index is 13.2. The molecule has 1 atom stereocenters. The summed E-state index contributed by atoms with van der Waals surface area (Å²) in [6.45, 7) is 1.56. The molecule has 2 aliphatic rings. The third-order valence-corrected chi connectivity index (χ3v) is 7.85. The van der Waals surface area contributed by atoms with E-state index in [4.69, 9.17) is 40.1 Å². The smallest absolute Gasteiger partial charge is 0.266 e. The van der Waals surface area contributed by atoms with Crippen LogP contribution < -0.4 is 21.9 Å². The fourth-order valence-electron chi connectivity index (χ4n) is 5.06. The van der Waals surface area contributed by atoms with Crippen molar-refractivity contribution in [3.8, 4) is 0 Å². The van der Waals surface area contributed by atoms with Crippen LogP contribution in [-0.4, -0.2) is 34.4 Å². The van der Waals surface area contributed by atoms with Gasteiger partial charge in [0.05, 0.1) is 15.8 Å². The summed E-state index contributed by atoms with van der Waals surface area (Å²) in [5, 5.41) is 9.07. The highest BCUT2D eigenvalue weighted by Crippen LogP contribution is 2.44. The molecule has 1 aromatic heterocycles. The van der Waals surface area contributed by atoms with Crippen molar-refractivity contribution < 1.29 is 0 Å². The Kier molecular flexibility index (Phi) is 6.03. The number of aromatic nitrogens is 2. The van der Waals surface area contributed by atoms with E-state index in [1.54, 1.807) is 25.2 Å². The average molecular weight is 463 g/mol. The van der Waals surface area contributed by atoms with Crippen molar-refractivity contribution >= 4 is 40.7 Å². The Balaban J connectivity index is 1.63. The van der Waals surface area contributed by atoms with Crippen molar-refractivity contribution in [2.45, 2.75) is 44.6 Å². The summed E-state index contributed by atoms with van der Waals surface area (Å²) < 4.78 is 1.47. The van der Waals surface area contributed by atoms with Crippen LogP contribution in [0.25, 0.3) is 0 Å². The molecule has 1 saturated carbocycles. The van der Waals surface area contributed by atoms with Crippen molar-refractivity contribution in [2.24, 2.45) is 18.2 Å². The number of nitrogen functional groups attached to an aromatic ring is 1. The molecule has 0 radical (unpaired) electrons. The molecular weight excluding hydrogens is 435 g/mol. The van der Waals surface area contributed by atoms with Gasteiger partial charge in [-0.1, -0.05) is 48.2 Å². The molecule has 1 aliphatic heterocycles. The molecule has 4 rings (SSSR count). The zero-order chi connectivity index (χ0) is 22.3. The van der Waals surface area contributed by atoms with E-state index in [1.165, 1.54) is 23.8 Å². The summed E-state index contributed by atoms with van der Waals surface area (Å²) in [7, 11) is 1.66. The molecule has 1 aromatic carbocycles. The van der Waals surface area contributed by atoms with E-state index in [2.05, 4.69) is 9.88 Å². The molecule has 166 valence electrons. The molecule has 1 unspecified atom stereocenters. The highest BCUT2D eigenvalue weighted by atomic mass is 35.5. The summed E-state index contributed by atoms with van der Waals surface area (Å²) in [6, 6.07) is 5.20. The van der Waals surface area contributed by atoms with E-state index < -0.39 is 0 Å². The number of nitrogens with one attached hydrogen (secondary N) is 1.